The van der Waals surface area contributed by atoms with Crippen LogP contribution in [-0.2, 0) is 0 Å². The van der Waals surface area contributed by atoms with Crippen LogP contribution in [0.4, 0.5) is 0 Å². The number of hydrogen-bond donors (Lipinski definition) is 0. The van der Waals surface area contributed by atoms with Gasteiger partial charge in [-0.15, -0.1) is 0 Å². The Morgan fingerprint density at radius 1 is 0.600 bits per heavy atom. The molecule has 0 aliphatic rings. The van der Waals surface area contributed by atoms with Gasteiger partial charge in [-0.2, -0.15) is 0 Å². The van der Waals surface area contributed by atoms with Crippen LogP contribution >= 0.6 is 0 Å². The van der Waals surface area contributed by atoms with Crippen molar-refractivity contribution in [3.05, 3.63) is 6.15 Å². The fraction of sp³-hybridized carbons (Fsp3) is 1.00. The van der Waals surface area contributed by atoms with Gasteiger partial charge in [0.15, 0.2) is 0 Å². The minimum absolute atomic E-state index is 0. The molecule has 0 fully saturated rings. The van der Waals surface area contributed by atoms with Gasteiger partial charge in [0.2, 0.25) is 0 Å². The molecule has 4 heteroatoms. The van der Waals surface area contributed by atoms with Gasteiger partial charge in [-0.3, -0.25) is 0 Å². The SMILES string of the molecule is C[SiH](C)C.C[SiH](C)C.[Li+].[NH2-]. The minimum atomic E-state index is -0.139. The normalized spacial score (nSPS) is 7.20. The van der Waals surface area contributed by atoms with Gasteiger partial charge in [0.25, 0.3) is 0 Å². The van der Waals surface area contributed by atoms with Gasteiger partial charge in [0, 0.05) is 17.6 Å². The van der Waals surface area contributed by atoms with Gasteiger partial charge in [0.05, 0.1) is 0 Å². The van der Waals surface area contributed by atoms with Crippen molar-refractivity contribution in [3.8, 4) is 0 Å². The summed E-state index contributed by atoms with van der Waals surface area (Å²) in [5, 5.41) is 0. The topological polar surface area (TPSA) is 33.5 Å². The number of nitrogens with two attached hydrogens (primary N) is 1. The molecule has 0 heterocycles. The van der Waals surface area contributed by atoms with Crippen molar-refractivity contribution in [2.75, 3.05) is 0 Å². The average Bonchev–Trinajstić information content (AvgIpc) is 1.25. The zero-order valence-corrected chi connectivity index (χ0v) is 11.0. The Kier molecular flexibility index (Phi) is 37.1. The largest absolute Gasteiger partial charge is 1.00 e. The predicted octanol–water partition coefficient (Wildman–Crippen LogP) is -0.0731. The first-order valence-electron chi connectivity index (χ1n) is 3.46. The van der Waals surface area contributed by atoms with Crippen LogP contribution in [0.15, 0.2) is 0 Å². The Morgan fingerprint density at radius 3 is 0.600 bits per heavy atom. The fourth-order valence-electron chi connectivity index (χ4n) is 0. The second kappa shape index (κ2) is 16.5. The van der Waals surface area contributed by atoms with Crippen molar-refractivity contribution in [1.29, 1.82) is 0 Å². The molecule has 60 valence electrons. The zero-order chi connectivity index (χ0) is 7.15. The third-order valence-corrected chi connectivity index (χ3v) is 0. The molecule has 0 radical (unpaired) electrons. The smallest absolute Gasteiger partial charge is 0.693 e. The average molecular weight is 171 g/mol. The molecular weight excluding hydrogens is 149 g/mol. The van der Waals surface area contributed by atoms with E-state index in [1.165, 1.54) is 0 Å². The molecule has 0 amide bonds. The molecule has 1 nitrogen and oxygen atoms in total. The molecule has 0 aliphatic carbocycles. The third-order valence-electron chi connectivity index (χ3n) is 0. The molecule has 2 N–H and O–H groups in total. The molecule has 0 spiro atoms. The van der Waals surface area contributed by atoms with Gasteiger partial charge >= 0.3 is 18.9 Å². The van der Waals surface area contributed by atoms with Crippen LogP contribution in [0.1, 0.15) is 0 Å². The summed E-state index contributed by atoms with van der Waals surface area (Å²) >= 11 is 0. The van der Waals surface area contributed by atoms with Crippen molar-refractivity contribution in [3.63, 3.8) is 0 Å². The molecule has 0 atom stereocenters. The van der Waals surface area contributed by atoms with E-state index in [1.54, 1.807) is 0 Å². The second-order valence-corrected chi connectivity index (χ2v) is 10.4. The van der Waals surface area contributed by atoms with E-state index >= 15 is 0 Å². The second-order valence-electron chi connectivity index (χ2n) is 3.46. The predicted molar refractivity (Wildman–Crippen MR) is 54.8 cm³/mol. The van der Waals surface area contributed by atoms with E-state index in [-0.39, 0.29) is 42.6 Å². The first-order valence-corrected chi connectivity index (χ1v) is 10.4. The first-order chi connectivity index (χ1) is 3.46. The summed E-state index contributed by atoms with van der Waals surface area (Å²) < 4.78 is 0. The minimum Gasteiger partial charge on any atom is -0.693 e. The van der Waals surface area contributed by atoms with Crippen LogP contribution < -0.4 is 18.9 Å². The van der Waals surface area contributed by atoms with Crippen molar-refractivity contribution in [2.24, 2.45) is 0 Å². The van der Waals surface area contributed by atoms with Crippen LogP contribution in [0.2, 0.25) is 39.3 Å². The maximum absolute atomic E-state index is 2.31. The molecule has 0 saturated heterocycles. The van der Waals surface area contributed by atoms with Crippen molar-refractivity contribution < 1.29 is 18.9 Å². The summed E-state index contributed by atoms with van der Waals surface area (Å²) in [4.78, 5) is 0. The Hall–Kier alpha value is 0.991. The molecule has 0 bridgehead atoms. The van der Waals surface area contributed by atoms with E-state index in [0.717, 1.165) is 0 Å². The molecule has 0 aliphatic heterocycles. The van der Waals surface area contributed by atoms with Gasteiger partial charge < -0.3 is 6.15 Å². The van der Waals surface area contributed by atoms with Crippen LogP contribution in [0.5, 0.6) is 0 Å². The summed E-state index contributed by atoms with van der Waals surface area (Å²) in [7, 11) is -0.278. The van der Waals surface area contributed by atoms with Crippen LogP contribution in [0.3, 0.4) is 0 Å². The Balaban J connectivity index is -0.0000000300. The molecule has 0 rings (SSSR count). The Bertz CT molecular complexity index is 31.2. The molecule has 10 heavy (non-hydrogen) atoms. The standard InChI is InChI=1S/2C3H10Si.Li.H2N/c2*1-4(2)3;;/h2*4H,1-3H3;;1H2/q;;+1;-1. The van der Waals surface area contributed by atoms with Crippen molar-refractivity contribution >= 4 is 17.6 Å². The van der Waals surface area contributed by atoms with Gasteiger partial charge in [0.1, 0.15) is 0 Å². The molecule has 0 saturated carbocycles. The molecule has 0 aromatic rings. The first kappa shape index (κ1) is 22.4. The quantitative estimate of drug-likeness (QED) is 0.457. The van der Waals surface area contributed by atoms with Crippen molar-refractivity contribution in [1.82, 2.24) is 0 Å². The molecular formula is C6H22LiNSi2. The third kappa shape index (κ3) is 584. The van der Waals surface area contributed by atoms with Crippen LogP contribution in [0, 0.1) is 0 Å². The van der Waals surface area contributed by atoms with Gasteiger partial charge in [-0.1, -0.05) is 39.3 Å². The Labute approximate surface area is 82.0 Å². The van der Waals surface area contributed by atoms with E-state index in [0.29, 0.717) is 0 Å². The van der Waals surface area contributed by atoms with E-state index in [1.807, 2.05) is 0 Å². The monoisotopic (exact) mass is 171 g/mol. The Morgan fingerprint density at radius 2 is 0.600 bits per heavy atom. The summed E-state index contributed by atoms with van der Waals surface area (Å²) in [6.07, 6.45) is 0. The number of rotatable bonds is 0. The summed E-state index contributed by atoms with van der Waals surface area (Å²) in [6, 6.07) is 0. The zero-order valence-electron chi connectivity index (χ0n) is 8.73. The van der Waals surface area contributed by atoms with Gasteiger partial charge in [-0.25, -0.2) is 0 Å². The summed E-state index contributed by atoms with van der Waals surface area (Å²) in [5.74, 6) is 0. The van der Waals surface area contributed by atoms with E-state index in [2.05, 4.69) is 39.3 Å². The van der Waals surface area contributed by atoms with Crippen LogP contribution in [0.25, 0.3) is 6.15 Å². The summed E-state index contributed by atoms with van der Waals surface area (Å²) in [5.41, 5.74) is 0. The maximum Gasteiger partial charge on any atom is 1.00 e. The van der Waals surface area contributed by atoms with Crippen molar-refractivity contribution in [2.45, 2.75) is 39.3 Å². The van der Waals surface area contributed by atoms with E-state index in [9.17, 15) is 0 Å². The molecule has 0 aromatic carbocycles. The maximum atomic E-state index is 2.31. The van der Waals surface area contributed by atoms with Gasteiger partial charge in [-0.05, 0) is 0 Å². The molecule has 0 aromatic heterocycles. The molecule has 0 unspecified atom stereocenters. The summed E-state index contributed by atoms with van der Waals surface area (Å²) in [6.45, 7) is 13.8. The van der Waals surface area contributed by atoms with E-state index in [4.69, 9.17) is 0 Å². The number of hydrogen-bond acceptors (Lipinski definition) is 0. The van der Waals surface area contributed by atoms with E-state index < -0.39 is 0 Å². The fourth-order valence-corrected chi connectivity index (χ4v) is 0. The van der Waals surface area contributed by atoms with Crippen LogP contribution in [-0.4, -0.2) is 17.6 Å².